The third-order valence-corrected chi connectivity index (χ3v) is 4.40. The molecule has 0 heteroatoms. The summed E-state index contributed by atoms with van der Waals surface area (Å²) < 4.78 is 0. The van der Waals surface area contributed by atoms with E-state index in [0.717, 1.165) is 0 Å². The Balaban J connectivity index is 3.19. The highest BCUT2D eigenvalue weighted by Gasteiger charge is 2.13. The van der Waals surface area contributed by atoms with Crippen LogP contribution in [0.4, 0.5) is 0 Å². The van der Waals surface area contributed by atoms with Crippen molar-refractivity contribution in [2.75, 3.05) is 0 Å². The van der Waals surface area contributed by atoms with Crippen molar-refractivity contribution in [3.63, 3.8) is 0 Å². The van der Waals surface area contributed by atoms with Crippen molar-refractivity contribution in [3.8, 4) is 0 Å². The lowest BCUT2D eigenvalue weighted by Crippen LogP contribution is -2.02. The Morgan fingerprint density at radius 1 is 0.778 bits per heavy atom. The molecule has 0 saturated heterocycles. The molecule has 0 spiro atoms. The van der Waals surface area contributed by atoms with Crippen LogP contribution in [0.1, 0.15) is 95.2 Å². The van der Waals surface area contributed by atoms with Crippen LogP contribution in [0.2, 0.25) is 0 Å². The van der Waals surface area contributed by atoms with Gasteiger partial charge in [-0.3, -0.25) is 0 Å². The lowest BCUT2D eigenvalue weighted by molar-refractivity contribution is 0.688. The fourth-order valence-electron chi connectivity index (χ4n) is 2.13. The summed E-state index contributed by atoms with van der Waals surface area (Å²) in [6.45, 7) is 13.7. The minimum absolute atomic E-state index is 0.622. The lowest BCUT2D eigenvalue weighted by atomic mass is 9.86. The third kappa shape index (κ3) is 3.60. The predicted molar refractivity (Wildman–Crippen MR) is 81.4 cm³/mol. The molecule has 3 unspecified atom stereocenters. The molecule has 0 fully saturated rings. The SMILES string of the molecule is CCC(C)c1[c]c(C(C)CC)cc(C(C)CC)c1. The zero-order valence-corrected chi connectivity index (χ0v) is 13.0. The zero-order chi connectivity index (χ0) is 13.7. The van der Waals surface area contributed by atoms with E-state index >= 15 is 0 Å². The number of hydrogen-bond donors (Lipinski definition) is 0. The summed E-state index contributed by atoms with van der Waals surface area (Å²) >= 11 is 0. The van der Waals surface area contributed by atoms with E-state index in [-0.39, 0.29) is 0 Å². The molecule has 0 bridgehead atoms. The average molecular weight is 245 g/mol. The van der Waals surface area contributed by atoms with Gasteiger partial charge in [0.25, 0.3) is 0 Å². The van der Waals surface area contributed by atoms with Crippen molar-refractivity contribution in [1.82, 2.24) is 0 Å². The maximum absolute atomic E-state index is 3.67. The first-order valence-electron chi connectivity index (χ1n) is 7.60. The molecule has 0 aliphatic rings. The van der Waals surface area contributed by atoms with E-state index in [1.165, 1.54) is 36.0 Å². The Kier molecular flexibility index (Phi) is 5.91. The van der Waals surface area contributed by atoms with E-state index in [1.807, 2.05) is 0 Å². The van der Waals surface area contributed by atoms with Crippen molar-refractivity contribution in [2.45, 2.75) is 78.6 Å². The van der Waals surface area contributed by atoms with Crippen LogP contribution in [0.5, 0.6) is 0 Å². The van der Waals surface area contributed by atoms with E-state index in [4.69, 9.17) is 0 Å². The largest absolute Gasteiger partial charge is 0.0648 e. The van der Waals surface area contributed by atoms with Gasteiger partial charge in [0.15, 0.2) is 0 Å². The molecule has 0 aliphatic heterocycles. The monoisotopic (exact) mass is 245 g/mol. The second kappa shape index (κ2) is 6.97. The van der Waals surface area contributed by atoms with Crippen LogP contribution in [0.3, 0.4) is 0 Å². The molecule has 0 aromatic heterocycles. The van der Waals surface area contributed by atoms with Crippen LogP contribution >= 0.6 is 0 Å². The van der Waals surface area contributed by atoms with Gasteiger partial charge in [-0.15, -0.1) is 0 Å². The van der Waals surface area contributed by atoms with E-state index < -0.39 is 0 Å². The summed E-state index contributed by atoms with van der Waals surface area (Å²) in [6.07, 6.45) is 3.60. The standard InChI is InChI=1S/C18H29/c1-7-13(4)16-10-17(14(5)8-2)12-18(11-16)15(6)9-3/h10-11,13-15H,7-9H2,1-6H3. The van der Waals surface area contributed by atoms with E-state index in [9.17, 15) is 0 Å². The van der Waals surface area contributed by atoms with Crippen molar-refractivity contribution in [2.24, 2.45) is 0 Å². The maximum atomic E-state index is 3.67. The zero-order valence-electron chi connectivity index (χ0n) is 13.0. The fraction of sp³-hybridized carbons (Fsp3) is 0.667. The Labute approximate surface area is 114 Å². The van der Waals surface area contributed by atoms with Crippen molar-refractivity contribution in [3.05, 3.63) is 34.9 Å². The second-order valence-electron chi connectivity index (χ2n) is 5.75. The molecule has 101 valence electrons. The highest BCUT2D eigenvalue weighted by atomic mass is 14.2. The van der Waals surface area contributed by atoms with Gasteiger partial charge >= 0.3 is 0 Å². The fourth-order valence-corrected chi connectivity index (χ4v) is 2.13. The highest BCUT2D eigenvalue weighted by molar-refractivity contribution is 5.34. The van der Waals surface area contributed by atoms with Crippen LogP contribution in [-0.4, -0.2) is 0 Å². The molecule has 1 aromatic carbocycles. The Bertz CT molecular complexity index is 295. The second-order valence-corrected chi connectivity index (χ2v) is 5.75. The molecule has 0 saturated carbocycles. The van der Waals surface area contributed by atoms with E-state index in [0.29, 0.717) is 17.8 Å². The van der Waals surface area contributed by atoms with Gasteiger partial charge in [-0.05, 0) is 59.8 Å². The van der Waals surface area contributed by atoms with Gasteiger partial charge in [-0.25, -0.2) is 0 Å². The van der Waals surface area contributed by atoms with Crippen LogP contribution in [0, 0.1) is 6.07 Å². The average Bonchev–Trinajstić information content (AvgIpc) is 2.43. The van der Waals surface area contributed by atoms with Gasteiger partial charge in [0.05, 0.1) is 0 Å². The highest BCUT2D eigenvalue weighted by Crippen LogP contribution is 2.30. The first-order chi connectivity index (χ1) is 8.53. The molecule has 18 heavy (non-hydrogen) atoms. The van der Waals surface area contributed by atoms with Crippen molar-refractivity contribution < 1.29 is 0 Å². The number of rotatable bonds is 6. The molecule has 0 amide bonds. The van der Waals surface area contributed by atoms with E-state index in [1.54, 1.807) is 0 Å². The molecule has 0 heterocycles. The molecular weight excluding hydrogens is 216 g/mol. The predicted octanol–water partition coefficient (Wildman–Crippen LogP) is 6.03. The number of hydrogen-bond acceptors (Lipinski definition) is 0. The van der Waals surface area contributed by atoms with Crippen LogP contribution < -0.4 is 0 Å². The Morgan fingerprint density at radius 3 is 1.50 bits per heavy atom. The molecular formula is C18H29. The summed E-state index contributed by atoms with van der Waals surface area (Å²) in [5, 5.41) is 0. The smallest absolute Gasteiger partial charge is 0.0108 e. The summed E-state index contributed by atoms with van der Waals surface area (Å²) in [5.41, 5.74) is 4.32. The molecule has 3 atom stereocenters. The van der Waals surface area contributed by atoms with Crippen LogP contribution in [0.15, 0.2) is 12.1 Å². The Hall–Kier alpha value is -0.780. The van der Waals surface area contributed by atoms with Gasteiger partial charge in [0.2, 0.25) is 0 Å². The quantitative estimate of drug-likeness (QED) is 0.574. The van der Waals surface area contributed by atoms with E-state index in [2.05, 4.69) is 59.7 Å². The van der Waals surface area contributed by atoms with Gasteiger partial charge < -0.3 is 0 Å². The lowest BCUT2D eigenvalue weighted by Gasteiger charge is -2.19. The van der Waals surface area contributed by atoms with Gasteiger partial charge in [-0.1, -0.05) is 53.7 Å². The Morgan fingerprint density at radius 2 is 1.17 bits per heavy atom. The van der Waals surface area contributed by atoms with Crippen molar-refractivity contribution in [1.29, 1.82) is 0 Å². The summed E-state index contributed by atoms with van der Waals surface area (Å²) in [7, 11) is 0. The minimum atomic E-state index is 0.622. The minimum Gasteiger partial charge on any atom is -0.0648 e. The van der Waals surface area contributed by atoms with Gasteiger partial charge in [-0.2, -0.15) is 0 Å². The third-order valence-electron chi connectivity index (χ3n) is 4.40. The molecule has 1 radical (unpaired) electrons. The topological polar surface area (TPSA) is 0 Å². The first kappa shape index (κ1) is 15.3. The van der Waals surface area contributed by atoms with Crippen LogP contribution in [-0.2, 0) is 0 Å². The molecule has 0 N–H and O–H groups in total. The van der Waals surface area contributed by atoms with Crippen molar-refractivity contribution >= 4 is 0 Å². The van der Waals surface area contributed by atoms with Crippen LogP contribution in [0.25, 0.3) is 0 Å². The number of benzene rings is 1. The molecule has 1 rings (SSSR count). The molecule has 1 aromatic rings. The maximum Gasteiger partial charge on any atom is -0.0108 e. The summed E-state index contributed by atoms with van der Waals surface area (Å²) in [5.74, 6) is 1.90. The molecule has 0 aliphatic carbocycles. The van der Waals surface area contributed by atoms with Gasteiger partial charge in [0.1, 0.15) is 0 Å². The normalized spacial score (nSPS) is 16.3. The first-order valence-corrected chi connectivity index (χ1v) is 7.60. The molecule has 0 nitrogen and oxygen atoms in total. The van der Waals surface area contributed by atoms with Gasteiger partial charge in [0, 0.05) is 0 Å². The summed E-state index contributed by atoms with van der Waals surface area (Å²) in [4.78, 5) is 0. The summed E-state index contributed by atoms with van der Waals surface area (Å²) in [6, 6.07) is 8.43.